The highest BCUT2D eigenvalue weighted by atomic mass is 16.5. The third-order valence-corrected chi connectivity index (χ3v) is 8.39. The number of fused-ring (bicyclic) bond motifs is 2. The van der Waals surface area contributed by atoms with E-state index in [1.807, 2.05) is 30.3 Å². The maximum Gasteiger partial charge on any atom is 0.336 e. The number of aromatic hydroxyl groups is 1. The van der Waals surface area contributed by atoms with Crippen molar-refractivity contribution in [3.63, 3.8) is 0 Å². The predicted molar refractivity (Wildman–Crippen MR) is 160 cm³/mol. The van der Waals surface area contributed by atoms with Gasteiger partial charge in [-0.2, -0.15) is 4.98 Å². The fraction of sp³-hybridized carbons (Fsp3) is 0.387. The number of rotatable bonds is 8. The number of phenolic OH excluding ortho intramolecular Hbond substituents is 1. The van der Waals surface area contributed by atoms with E-state index in [0.29, 0.717) is 50.2 Å². The Bertz CT molecular complexity index is 1680. The van der Waals surface area contributed by atoms with Gasteiger partial charge < -0.3 is 29.4 Å². The molecule has 2 fully saturated rings. The van der Waals surface area contributed by atoms with Crippen LogP contribution in [0.3, 0.4) is 0 Å². The molecule has 0 radical (unpaired) electrons. The van der Waals surface area contributed by atoms with E-state index in [1.165, 1.54) is 6.08 Å². The molecule has 216 valence electrons. The Morgan fingerprint density at radius 2 is 2.07 bits per heavy atom. The first kappa shape index (κ1) is 27.5. The van der Waals surface area contributed by atoms with Crippen LogP contribution in [0.25, 0.3) is 21.3 Å². The Labute approximate surface area is 244 Å². The summed E-state index contributed by atoms with van der Waals surface area (Å²) in [4.78, 5) is 31.7. The first-order chi connectivity index (χ1) is 20.5. The number of piperazine rings is 1. The summed E-state index contributed by atoms with van der Waals surface area (Å²) in [6.07, 6.45) is 5.64. The molecule has 0 unspecified atom stereocenters. The van der Waals surface area contributed by atoms with Crippen LogP contribution in [0.2, 0.25) is 0 Å². The lowest BCUT2D eigenvalue weighted by molar-refractivity contribution is -0.128. The first-order valence-corrected chi connectivity index (χ1v) is 14.2. The standard InChI is InChI=1S/C31H34N8O3/c1-4-28(41)38-15-14-37(19-24(38)17-32-2)30-29-33-18-23(16-26-25-10-6-5-8-21(25)11-12-27(26)40)39(29)35-31(34-30)42-20-22-9-7-13-36(22)3/h4-6,8,10-12,18,22,24,40H,1,7,9,13-17,19-20H2,3H3/t22-,24-/m0/s1. The van der Waals surface area contributed by atoms with Crippen molar-refractivity contribution in [2.24, 2.45) is 0 Å². The number of ether oxygens (including phenoxy) is 1. The molecule has 0 saturated carbocycles. The summed E-state index contributed by atoms with van der Waals surface area (Å²) >= 11 is 0. The highest BCUT2D eigenvalue weighted by molar-refractivity contribution is 5.88. The minimum Gasteiger partial charge on any atom is -0.508 e. The van der Waals surface area contributed by atoms with Crippen molar-refractivity contribution in [1.29, 1.82) is 0 Å². The van der Waals surface area contributed by atoms with E-state index in [-0.39, 0.29) is 30.3 Å². The Morgan fingerprint density at radius 3 is 2.86 bits per heavy atom. The number of likely N-dealkylation sites (tertiary alicyclic amines) is 1. The van der Waals surface area contributed by atoms with E-state index in [9.17, 15) is 9.90 Å². The van der Waals surface area contributed by atoms with Gasteiger partial charge >= 0.3 is 6.01 Å². The van der Waals surface area contributed by atoms with Gasteiger partial charge in [-0.05, 0) is 49.3 Å². The van der Waals surface area contributed by atoms with Gasteiger partial charge in [-0.1, -0.05) is 36.9 Å². The SMILES string of the molecule is [C-]#[N+]C[C@H]1CN(c2nc(OC[C@@H]3CCCN3C)nn3c(Cc4c(O)ccc5ccccc45)cnc23)CCN1C(=O)C=C. The van der Waals surface area contributed by atoms with E-state index in [2.05, 4.69) is 28.3 Å². The molecule has 42 heavy (non-hydrogen) atoms. The smallest absolute Gasteiger partial charge is 0.336 e. The lowest BCUT2D eigenvalue weighted by Crippen LogP contribution is -2.56. The van der Waals surface area contributed by atoms with Gasteiger partial charge in [-0.15, -0.1) is 5.10 Å². The number of likely N-dealkylation sites (N-methyl/N-ethyl adjacent to an activating group) is 1. The molecule has 2 aliphatic rings. The van der Waals surface area contributed by atoms with Crippen LogP contribution in [-0.2, 0) is 11.2 Å². The van der Waals surface area contributed by atoms with Gasteiger partial charge in [-0.3, -0.25) is 4.79 Å². The average Bonchev–Trinajstić information content (AvgIpc) is 3.62. The van der Waals surface area contributed by atoms with Crippen molar-refractivity contribution in [2.45, 2.75) is 31.3 Å². The molecule has 0 aliphatic carbocycles. The largest absolute Gasteiger partial charge is 0.508 e. The molecule has 4 aromatic rings. The molecule has 0 spiro atoms. The average molecular weight is 567 g/mol. The minimum atomic E-state index is -0.310. The molecule has 2 saturated heterocycles. The summed E-state index contributed by atoms with van der Waals surface area (Å²) in [5, 5.41) is 17.6. The van der Waals surface area contributed by atoms with E-state index in [1.54, 1.807) is 21.7 Å². The highest BCUT2D eigenvalue weighted by Crippen LogP contribution is 2.31. The summed E-state index contributed by atoms with van der Waals surface area (Å²) < 4.78 is 7.96. The van der Waals surface area contributed by atoms with Gasteiger partial charge in [0.1, 0.15) is 18.4 Å². The van der Waals surface area contributed by atoms with E-state index >= 15 is 0 Å². The predicted octanol–water partition coefficient (Wildman–Crippen LogP) is 3.17. The second-order valence-corrected chi connectivity index (χ2v) is 10.9. The monoisotopic (exact) mass is 566 g/mol. The Hall–Kier alpha value is -4.69. The van der Waals surface area contributed by atoms with Crippen molar-refractivity contribution < 1.29 is 14.6 Å². The number of imidazole rings is 1. The van der Waals surface area contributed by atoms with Crippen LogP contribution >= 0.6 is 0 Å². The van der Waals surface area contributed by atoms with Gasteiger partial charge in [0.15, 0.2) is 11.5 Å². The van der Waals surface area contributed by atoms with E-state index in [4.69, 9.17) is 26.4 Å². The van der Waals surface area contributed by atoms with E-state index in [0.717, 1.165) is 41.4 Å². The summed E-state index contributed by atoms with van der Waals surface area (Å²) in [7, 11) is 2.10. The number of benzene rings is 2. The lowest BCUT2D eigenvalue weighted by atomic mass is 10.00. The first-order valence-electron chi connectivity index (χ1n) is 14.2. The number of hydrogen-bond donors (Lipinski definition) is 1. The number of aromatic nitrogens is 4. The van der Waals surface area contributed by atoms with Gasteiger partial charge in [-0.25, -0.2) is 16.1 Å². The van der Waals surface area contributed by atoms with Crippen LogP contribution < -0.4 is 9.64 Å². The third-order valence-electron chi connectivity index (χ3n) is 8.39. The number of hydrogen-bond acceptors (Lipinski definition) is 8. The Morgan fingerprint density at radius 1 is 1.21 bits per heavy atom. The van der Waals surface area contributed by atoms with Crippen LogP contribution in [0.5, 0.6) is 11.8 Å². The maximum absolute atomic E-state index is 12.5. The molecule has 11 nitrogen and oxygen atoms in total. The molecule has 0 bridgehead atoms. The lowest BCUT2D eigenvalue weighted by Gasteiger charge is -2.39. The number of nitrogens with zero attached hydrogens (tertiary/aromatic N) is 8. The highest BCUT2D eigenvalue weighted by Gasteiger charge is 2.34. The Balaban J connectivity index is 1.39. The number of carbonyl (C=O) groups excluding carboxylic acids is 1. The van der Waals surface area contributed by atoms with Crippen LogP contribution in [0.1, 0.15) is 24.1 Å². The summed E-state index contributed by atoms with van der Waals surface area (Å²) in [6, 6.07) is 11.8. The number of amides is 1. The zero-order valence-electron chi connectivity index (χ0n) is 23.7. The van der Waals surface area contributed by atoms with Crippen molar-refractivity contribution in [3.8, 4) is 11.8 Å². The normalized spacial score (nSPS) is 19.3. The molecular weight excluding hydrogens is 532 g/mol. The zero-order chi connectivity index (χ0) is 29.2. The van der Waals surface area contributed by atoms with Crippen molar-refractivity contribution in [3.05, 3.63) is 77.9 Å². The minimum absolute atomic E-state index is 0.175. The van der Waals surface area contributed by atoms with Gasteiger partial charge in [0.05, 0.1) is 11.9 Å². The fourth-order valence-electron chi connectivity index (χ4n) is 6.06. The molecule has 1 N–H and O–H groups in total. The van der Waals surface area contributed by atoms with Crippen molar-refractivity contribution in [2.75, 3.05) is 51.3 Å². The number of anilines is 1. The quantitative estimate of drug-likeness (QED) is 0.256. The summed E-state index contributed by atoms with van der Waals surface area (Å²) in [5.41, 5.74) is 2.13. The second-order valence-electron chi connectivity index (χ2n) is 10.9. The topological polar surface area (TPSA) is 104 Å². The molecule has 2 atom stereocenters. The number of phenols is 1. The van der Waals surface area contributed by atoms with Crippen LogP contribution in [0.15, 0.2) is 55.3 Å². The fourth-order valence-corrected chi connectivity index (χ4v) is 6.06. The molecule has 11 heteroatoms. The van der Waals surface area contributed by atoms with E-state index < -0.39 is 0 Å². The molecule has 1 amide bonds. The van der Waals surface area contributed by atoms with Crippen molar-refractivity contribution >= 4 is 28.1 Å². The molecular formula is C31H34N8O3. The number of carbonyl (C=O) groups is 1. The molecule has 4 heterocycles. The van der Waals surface area contributed by atoms with Gasteiger partial charge in [0, 0.05) is 37.7 Å². The summed E-state index contributed by atoms with van der Waals surface area (Å²) in [6.45, 7) is 14.1. The van der Waals surface area contributed by atoms with Crippen LogP contribution in [-0.4, -0.2) is 98.9 Å². The van der Waals surface area contributed by atoms with Gasteiger partial charge in [0.25, 0.3) is 0 Å². The second kappa shape index (κ2) is 11.7. The summed E-state index contributed by atoms with van der Waals surface area (Å²) in [5.74, 6) is 0.622. The maximum atomic E-state index is 12.5. The zero-order valence-corrected chi connectivity index (χ0v) is 23.7. The van der Waals surface area contributed by atoms with Gasteiger partial charge in [0.2, 0.25) is 12.5 Å². The van der Waals surface area contributed by atoms with Crippen molar-refractivity contribution in [1.82, 2.24) is 29.4 Å². The third kappa shape index (κ3) is 5.21. The van der Waals surface area contributed by atoms with Crippen LogP contribution in [0, 0.1) is 6.57 Å². The molecule has 2 aliphatic heterocycles. The molecule has 2 aromatic heterocycles. The van der Waals surface area contributed by atoms with Crippen LogP contribution in [0.4, 0.5) is 5.82 Å². The molecule has 2 aromatic carbocycles. The molecule has 6 rings (SSSR count). The Kier molecular flexibility index (Phi) is 7.63.